The Labute approximate surface area is 103 Å². The molecule has 1 aliphatic carbocycles. The molecule has 1 aromatic rings. The Bertz CT molecular complexity index is 500. The number of amidine groups is 1. The van der Waals surface area contributed by atoms with Crippen LogP contribution in [-0.4, -0.2) is 23.1 Å². The zero-order valence-corrected chi connectivity index (χ0v) is 9.48. The van der Waals surface area contributed by atoms with Gasteiger partial charge in [0.2, 0.25) is 0 Å². The van der Waals surface area contributed by atoms with Crippen LogP contribution in [0.2, 0.25) is 0 Å². The lowest BCUT2D eigenvalue weighted by atomic mass is 10.2. The standard InChI is InChI=1S/C11H13FN4O2/c12-8-5-6(10(13)16-18)1-4-9(8)15-11(17)14-7-2-3-7/h1,4-5,7,18H,2-3H2,(H2,13,16)(H2,14,15,17). The van der Waals surface area contributed by atoms with E-state index in [-0.39, 0.29) is 23.1 Å². The van der Waals surface area contributed by atoms with Crippen molar-refractivity contribution in [2.75, 3.05) is 5.32 Å². The Morgan fingerprint density at radius 1 is 1.50 bits per heavy atom. The molecule has 0 radical (unpaired) electrons. The molecule has 1 aliphatic rings. The Hall–Kier alpha value is -2.31. The minimum absolute atomic E-state index is 0.0441. The van der Waals surface area contributed by atoms with E-state index < -0.39 is 11.8 Å². The predicted octanol–water partition coefficient (Wildman–Crippen LogP) is 1.20. The number of nitrogens with one attached hydrogen (secondary N) is 2. The smallest absolute Gasteiger partial charge is 0.319 e. The van der Waals surface area contributed by atoms with Gasteiger partial charge in [-0.15, -0.1) is 0 Å². The molecule has 1 aromatic carbocycles. The molecule has 0 saturated heterocycles. The number of hydrogen-bond donors (Lipinski definition) is 4. The second-order valence-corrected chi connectivity index (χ2v) is 4.05. The lowest BCUT2D eigenvalue weighted by molar-refractivity contribution is 0.251. The summed E-state index contributed by atoms with van der Waals surface area (Å²) in [5.41, 5.74) is 5.61. The molecule has 0 aliphatic heterocycles. The topological polar surface area (TPSA) is 99.7 Å². The Balaban J connectivity index is 2.06. The number of hydrogen-bond acceptors (Lipinski definition) is 3. The maximum Gasteiger partial charge on any atom is 0.319 e. The minimum Gasteiger partial charge on any atom is -0.409 e. The van der Waals surface area contributed by atoms with E-state index in [1.807, 2.05) is 0 Å². The van der Waals surface area contributed by atoms with Crippen molar-refractivity contribution in [2.45, 2.75) is 18.9 Å². The molecular formula is C11H13FN4O2. The van der Waals surface area contributed by atoms with E-state index in [1.165, 1.54) is 12.1 Å². The van der Waals surface area contributed by atoms with Crippen LogP contribution in [0.3, 0.4) is 0 Å². The predicted molar refractivity (Wildman–Crippen MR) is 64.1 cm³/mol. The molecule has 0 bridgehead atoms. The highest BCUT2D eigenvalue weighted by Gasteiger charge is 2.23. The number of halogens is 1. The maximum atomic E-state index is 13.6. The third-order valence-electron chi connectivity index (χ3n) is 2.53. The fraction of sp³-hybridized carbons (Fsp3) is 0.273. The summed E-state index contributed by atoms with van der Waals surface area (Å²) >= 11 is 0. The molecule has 2 rings (SSSR count). The van der Waals surface area contributed by atoms with Crippen LogP contribution in [0.5, 0.6) is 0 Å². The highest BCUT2D eigenvalue weighted by Crippen LogP contribution is 2.20. The summed E-state index contributed by atoms with van der Waals surface area (Å²) in [5, 5.41) is 16.3. The van der Waals surface area contributed by atoms with Crippen molar-refractivity contribution in [3.05, 3.63) is 29.6 Å². The fourth-order valence-corrected chi connectivity index (χ4v) is 1.41. The lowest BCUT2D eigenvalue weighted by Crippen LogP contribution is -2.30. The highest BCUT2D eigenvalue weighted by atomic mass is 19.1. The zero-order chi connectivity index (χ0) is 13.1. The highest BCUT2D eigenvalue weighted by molar-refractivity contribution is 5.98. The monoisotopic (exact) mass is 252 g/mol. The molecule has 0 heterocycles. The second-order valence-electron chi connectivity index (χ2n) is 4.05. The van der Waals surface area contributed by atoms with E-state index in [1.54, 1.807) is 0 Å². The first-order chi connectivity index (χ1) is 8.60. The van der Waals surface area contributed by atoms with Crippen LogP contribution in [0.15, 0.2) is 23.4 Å². The molecule has 7 heteroatoms. The van der Waals surface area contributed by atoms with Gasteiger partial charge in [-0.3, -0.25) is 0 Å². The first-order valence-corrected chi connectivity index (χ1v) is 5.45. The van der Waals surface area contributed by atoms with Gasteiger partial charge in [0, 0.05) is 11.6 Å². The van der Waals surface area contributed by atoms with Gasteiger partial charge >= 0.3 is 6.03 Å². The van der Waals surface area contributed by atoms with Gasteiger partial charge in [0.25, 0.3) is 0 Å². The van der Waals surface area contributed by atoms with E-state index in [0.717, 1.165) is 18.9 Å². The van der Waals surface area contributed by atoms with Gasteiger partial charge in [-0.25, -0.2) is 9.18 Å². The van der Waals surface area contributed by atoms with Crippen LogP contribution in [0.1, 0.15) is 18.4 Å². The summed E-state index contributed by atoms with van der Waals surface area (Å²) in [6.45, 7) is 0. The number of nitrogens with two attached hydrogens (primary N) is 1. The van der Waals surface area contributed by atoms with E-state index in [9.17, 15) is 9.18 Å². The molecule has 1 saturated carbocycles. The number of carbonyl (C=O) groups excluding carboxylic acids is 1. The summed E-state index contributed by atoms with van der Waals surface area (Å²) in [6.07, 6.45) is 1.91. The van der Waals surface area contributed by atoms with Crippen molar-refractivity contribution in [1.29, 1.82) is 0 Å². The minimum atomic E-state index is -0.648. The Kier molecular flexibility index (Phi) is 3.31. The van der Waals surface area contributed by atoms with Crippen molar-refractivity contribution < 1.29 is 14.4 Å². The number of benzene rings is 1. The largest absolute Gasteiger partial charge is 0.409 e. The van der Waals surface area contributed by atoms with Crippen LogP contribution < -0.4 is 16.4 Å². The first-order valence-electron chi connectivity index (χ1n) is 5.45. The van der Waals surface area contributed by atoms with Crippen molar-refractivity contribution in [3.63, 3.8) is 0 Å². The number of urea groups is 1. The number of oxime groups is 1. The van der Waals surface area contributed by atoms with Crippen LogP contribution in [-0.2, 0) is 0 Å². The third-order valence-corrected chi connectivity index (χ3v) is 2.53. The molecule has 2 amide bonds. The number of anilines is 1. The van der Waals surface area contributed by atoms with Crippen molar-refractivity contribution in [1.82, 2.24) is 5.32 Å². The molecule has 0 spiro atoms. The first kappa shape index (κ1) is 12.2. The van der Waals surface area contributed by atoms with Crippen LogP contribution in [0.4, 0.5) is 14.9 Å². The van der Waals surface area contributed by atoms with Gasteiger partial charge in [-0.1, -0.05) is 5.16 Å². The third kappa shape index (κ3) is 2.88. The van der Waals surface area contributed by atoms with Gasteiger partial charge in [0.1, 0.15) is 5.82 Å². The summed E-state index contributed by atoms with van der Waals surface area (Å²) < 4.78 is 13.6. The van der Waals surface area contributed by atoms with Crippen molar-refractivity contribution >= 4 is 17.6 Å². The average Bonchev–Trinajstić information content (AvgIpc) is 3.14. The molecule has 18 heavy (non-hydrogen) atoms. The summed E-state index contributed by atoms with van der Waals surface area (Å²) in [7, 11) is 0. The summed E-state index contributed by atoms with van der Waals surface area (Å²) in [4.78, 5) is 11.4. The van der Waals surface area contributed by atoms with Gasteiger partial charge in [0.05, 0.1) is 5.69 Å². The number of carbonyl (C=O) groups is 1. The number of rotatable bonds is 3. The van der Waals surface area contributed by atoms with Crippen LogP contribution >= 0.6 is 0 Å². The molecule has 0 aromatic heterocycles. The second kappa shape index (κ2) is 4.91. The van der Waals surface area contributed by atoms with E-state index >= 15 is 0 Å². The van der Waals surface area contributed by atoms with E-state index in [0.29, 0.717) is 0 Å². The van der Waals surface area contributed by atoms with Gasteiger partial charge < -0.3 is 21.6 Å². The SMILES string of the molecule is N/C(=N/O)c1ccc(NC(=O)NC2CC2)c(F)c1. The van der Waals surface area contributed by atoms with Crippen molar-refractivity contribution in [2.24, 2.45) is 10.9 Å². The molecule has 96 valence electrons. The van der Waals surface area contributed by atoms with E-state index in [4.69, 9.17) is 10.9 Å². The normalized spacial score (nSPS) is 15.3. The van der Waals surface area contributed by atoms with Crippen molar-refractivity contribution in [3.8, 4) is 0 Å². The van der Waals surface area contributed by atoms with Gasteiger partial charge in [-0.2, -0.15) is 0 Å². The lowest BCUT2D eigenvalue weighted by Gasteiger charge is -2.08. The average molecular weight is 252 g/mol. The Morgan fingerprint density at radius 3 is 2.78 bits per heavy atom. The Morgan fingerprint density at radius 2 is 2.22 bits per heavy atom. The number of amides is 2. The molecule has 0 unspecified atom stereocenters. The molecule has 1 fully saturated rings. The molecule has 6 nitrogen and oxygen atoms in total. The molecule has 5 N–H and O–H groups in total. The van der Waals surface area contributed by atoms with E-state index in [2.05, 4.69) is 15.8 Å². The van der Waals surface area contributed by atoms with Crippen LogP contribution in [0, 0.1) is 5.82 Å². The quantitative estimate of drug-likeness (QED) is 0.281. The van der Waals surface area contributed by atoms with Crippen LogP contribution in [0.25, 0.3) is 0 Å². The summed E-state index contributed by atoms with van der Waals surface area (Å²) in [6, 6.07) is 3.65. The van der Waals surface area contributed by atoms with Gasteiger partial charge in [-0.05, 0) is 31.0 Å². The van der Waals surface area contributed by atoms with Gasteiger partial charge in [0.15, 0.2) is 5.84 Å². The summed E-state index contributed by atoms with van der Waals surface area (Å²) in [5.74, 6) is -0.840. The molecule has 0 atom stereocenters. The number of nitrogens with zero attached hydrogens (tertiary/aromatic N) is 1. The maximum absolute atomic E-state index is 13.6. The fourth-order valence-electron chi connectivity index (χ4n) is 1.41. The molecular weight excluding hydrogens is 239 g/mol. The zero-order valence-electron chi connectivity index (χ0n) is 9.48.